The molecule has 0 amide bonds. The van der Waals surface area contributed by atoms with Gasteiger partial charge in [-0.3, -0.25) is 0 Å². The first-order valence-corrected chi connectivity index (χ1v) is 6.71. The zero-order valence-electron chi connectivity index (χ0n) is 12.1. The number of aliphatic hydroxyl groups excluding tert-OH is 1. The van der Waals surface area contributed by atoms with Crippen LogP contribution in [0.4, 0.5) is 0 Å². The van der Waals surface area contributed by atoms with Gasteiger partial charge in [0.1, 0.15) is 18.5 Å². The fourth-order valence-electron chi connectivity index (χ4n) is 1.64. The first-order valence-electron chi connectivity index (χ1n) is 6.71. The predicted octanol–water partition coefficient (Wildman–Crippen LogP) is 1.82. The van der Waals surface area contributed by atoms with Crippen LogP contribution in [0.15, 0.2) is 24.3 Å². The molecule has 0 spiro atoms. The van der Waals surface area contributed by atoms with Gasteiger partial charge in [-0.25, -0.2) is 0 Å². The summed E-state index contributed by atoms with van der Waals surface area (Å²) in [6.45, 7) is 6.80. The van der Waals surface area contributed by atoms with E-state index in [-0.39, 0.29) is 13.2 Å². The average molecular weight is 267 g/mol. The molecule has 2 N–H and O–H groups in total. The molecule has 0 saturated carbocycles. The van der Waals surface area contributed by atoms with E-state index in [1.807, 2.05) is 24.3 Å². The van der Waals surface area contributed by atoms with Crippen molar-refractivity contribution in [2.24, 2.45) is 5.92 Å². The lowest BCUT2D eigenvalue weighted by molar-refractivity contribution is 0.0325. The first-order chi connectivity index (χ1) is 9.11. The number of rotatable bonds is 9. The van der Waals surface area contributed by atoms with Gasteiger partial charge in [0.05, 0.1) is 6.61 Å². The molecule has 4 heteroatoms. The van der Waals surface area contributed by atoms with Gasteiger partial charge in [-0.1, -0.05) is 26.0 Å². The fraction of sp³-hybridized carbons (Fsp3) is 0.600. The molecule has 1 aromatic rings. The second kappa shape index (κ2) is 8.91. The van der Waals surface area contributed by atoms with Crippen LogP contribution in [0.1, 0.15) is 19.4 Å². The normalized spacial score (nSPS) is 12.7. The molecule has 0 aliphatic rings. The molecule has 108 valence electrons. The number of ether oxygens (including phenoxy) is 2. The SMILES string of the molecule is COCC(O)COc1ccc(CNCC(C)C)cc1. The minimum atomic E-state index is -0.586. The maximum absolute atomic E-state index is 9.47. The second-order valence-corrected chi connectivity index (χ2v) is 5.09. The minimum Gasteiger partial charge on any atom is -0.491 e. The van der Waals surface area contributed by atoms with Crippen molar-refractivity contribution >= 4 is 0 Å². The van der Waals surface area contributed by atoms with Crippen LogP contribution in [0.25, 0.3) is 0 Å². The molecule has 4 nitrogen and oxygen atoms in total. The van der Waals surface area contributed by atoms with Crippen LogP contribution in [0, 0.1) is 5.92 Å². The molecular formula is C15H25NO3. The Bertz CT molecular complexity index is 338. The van der Waals surface area contributed by atoms with Gasteiger partial charge in [-0.05, 0) is 30.2 Å². The van der Waals surface area contributed by atoms with E-state index in [2.05, 4.69) is 19.2 Å². The minimum absolute atomic E-state index is 0.249. The van der Waals surface area contributed by atoms with E-state index in [1.54, 1.807) is 7.11 Å². The number of aliphatic hydroxyl groups is 1. The lowest BCUT2D eigenvalue weighted by Crippen LogP contribution is -2.22. The Kier molecular flexibility index (Phi) is 7.48. The van der Waals surface area contributed by atoms with E-state index in [0.717, 1.165) is 18.8 Å². The molecule has 1 unspecified atom stereocenters. The number of benzene rings is 1. The topological polar surface area (TPSA) is 50.7 Å². The molecular weight excluding hydrogens is 242 g/mol. The van der Waals surface area contributed by atoms with Crippen molar-refractivity contribution in [3.8, 4) is 5.75 Å². The molecule has 0 saturated heterocycles. The van der Waals surface area contributed by atoms with Crippen molar-refractivity contribution in [3.63, 3.8) is 0 Å². The Labute approximate surface area is 115 Å². The summed E-state index contributed by atoms with van der Waals surface area (Å²) < 4.78 is 10.3. The highest BCUT2D eigenvalue weighted by Crippen LogP contribution is 2.12. The van der Waals surface area contributed by atoms with Gasteiger partial charge in [0.25, 0.3) is 0 Å². The largest absolute Gasteiger partial charge is 0.491 e. The van der Waals surface area contributed by atoms with E-state index in [9.17, 15) is 5.11 Å². The molecule has 0 aliphatic carbocycles. The summed E-state index contributed by atoms with van der Waals surface area (Å²) in [5.41, 5.74) is 1.23. The van der Waals surface area contributed by atoms with Gasteiger partial charge >= 0.3 is 0 Å². The average Bonchev–Trinajstić information content (AvgIpc) is 2.38. The van der Waals surface area contributed by atoms with Crippen molar-refractivity contribution in [2.45, 2.75) is 26.5 Å². The highest BCUT2D eigenvalue weighted by atomic mass is 16.5. The highest BCUT2D eigenvalue weighted by molar-refractivity contribution is 5.27. The molecule has 1 atom stereocenters. The molecule has 0 bridgehead atoms. The van der Waals surface area contributed by atoms with Gasteiger partial charge < -0.3 is 19.9 Å². The predicted molar refractivity (Wildman–Crippen MR) is 76.4 cm³/mol. The summed E-state index contributed by atoms with van der Waals surface area (Å²) in [5, 5.41) is 12.9. The molecule has 0 radical (unpaired) electrons. The third-order valence-electron chi connectivity index (χ3n) is 2.61. The molecule has 1 aromatic carbocycles. The smallest absolute Gasteiger partial charge is 0.119 e. The summed E-state index contributed by atoms with van der Waals surface area (Å²) in [6.07, 6.45) is -0.586. The number of methoxy groups -OCH3 is 1. The molecule has 0 heterocycles. The molecule has 1 rings (SSSR count). The molecule has 0 fully saturated rings. The lowest BCUT2D eigenvalue weighted by Gasteiger charge is -2.12. The molecule has 0 aliphatic heterocycles. The van der Waals surface area contributed by atoms with E-state index in [4.69, 9.17) is 9.47 Å². The first kappa shape index (κ1) is 16.0. The van der Waals surface area contributed by atoms with Crippen molar-refractivity contribution in [1.29, 1.82) is 0 Å². The zero-order chi connectivity index (χ0) is 14.1. The van der Waals surface area contributed by atoms with Crippen LogP contribution in [0.5, 0.6) is 5.75 Å². The van der Waals surface area contributed by atoms with Gasteiger partial charge in [-0.2, -0.15) is 0 Å². The Morgan fingerprint density at radius 1 is 1.16 bits per heavy atom. The number of hydrogen-bond donors (Lipinski definition) is 2. The Hall–Kier alpha value is -1.10. The van der Waals surface area contributed by atoms with Gasteiger partial charge in [0.2, 0.25) is 0 Å². The van der Waals surface area contributed by atoms with Crippen LogP contribution in [-0.2, 0) is 11.3 Å². The number of nitrogens with one attached hydrogen (secondary N) is 1. The number of hydrogen-bond acceptors (Lipinski definition) is 4. The standard InChI is InChI=1S/C15H25NO3/c1-12(2)8-16-9-13-4-6-15(7-5-13)19-11-14(17)10-18-3/h4-7,12,14,16-17H,8-11H2,1-3H3. The van der Waals surface area contributed by atoms with Crippen LogP contribution in [0.2, 0.25) is 0 Å². The van der Waals surface area contributed by atoms with Crippen LogP contribution in [-0.4, -0.2) is 38.1 Å². The monoisotopic (exact) mass is 267 g/mol. The Morgan fingerprint density at radius 3 is 2.42 bits per heavy atom. The van der Waals surface area contributed by atoms with Crippen molar-refractivity contribution in [3.05, 3.63) is 29.8 Å². The van der Waals surface area contributed by atoms with Gasteiger partial charge in [-0.15, -0.1) is 0 Å². The highest BCUT2D eigenvalue weighted by Gasteiger charge is 2.04. The van der Waals surface area contributed by atoms with E-state index in [0.29, 0.717) is 5.92 Å². The summed E-state index contributed by atoms with van der Waals surface area (Å²) in [4.78, 5) is 0. The molecule has 0 aromatic heterocycles. The van der Waals surface area contributed by atoms with Crippen molar-refractivity contribution in [2.75, 3.05) is 26.9 Å². The lowest BCUT2D eigenvalue weighted by atomic mass is 10.2. The van der Waals surface area contributed by atoms with Crippen LogP contribution in [0.3, 0.4) is 0 Å². The molecule has 19 heavy (non-hydrogen) atoms. The quantitative estimate of drug-likeness (QED) is 0.716. The van der Waals surface area contributed by atoms with Crippen molar-refractivity contribution < 1.29 is 14.6 Å². The maximum Gasteiger partial charge on any atom is 0.119 e. The summed E-state index contributed by atoms with van der Waals surface area (Å²) in [7, 11) is 1.56. The second-order valence-electron chi connectivity index (χ2n) is 5.09. The van der Waals surface area contributed by atoms with E-state index in [1.165, 1.54) is 5.56 Å². The summed E-state index contributed by atoms with van der Waals surface area (Å²) in [6, 6.07) is 7.91. The Balaban J connectivity index is 2.30. The van der Waals surface area contributed by atoms with Gasteiger partial charge in [0, 0.05) is 13.7 Å². The third kappa shape index (κ3) is 7.15. The van der Waals surface area contributed by atoms with Crippen molar-refractivity contribution in [1.82, 2.24) is 5.32 Å². The summed E-state index contributed by atoms with van der Waals surface area (Å²) in [5.74, 6) is 1.42. The fourth-order valence-corrected chi connectivity index (χ4v) is 1.64. The van der Waals surface area contributed by atoms with Crippen LogP contribution < -0.4 is 10.1 Å². The van der Waals surface area contributed by atoms with E-state index < -0.39 is 6.10 Å². The van der Waals surface area contributed by atoms with Gasteiger partial charge in [0.15, 0.2) is 0 Å². The third-order valence-corrected chi connectivity index (χ3v) is 2.61. The summed E-state index contributed by atoms with van der Waals surface area (Å²) >= 11 is 0. The maximum atomic E-state index is 9.47. The zero-order valence-corrected chi connectivity index (χ0v) is 12.1. The van der Waals surface area contributed by atoms with Crippen LogP contribution >= 0.6 is 0 Å². The van der Waals surface area contributed by atoms with E-state index >= 15 is 0 Å². The Morgan fingerprint density at radius 2 is 1.84 bits per heavy atom.